The summed E-state index contributed by atoms with van der Waals surface area (Å²) in [7, 11) is 3.26. The molecule has 10 nitrogen and oxygen atoms in total. The molecule has 1 saturated heterocycles. The van der Waals surface area contributed by atoms with E-state index in [4.69, 9.17) is 9.26 Å². The minimum atomic E-state index is -0.270. The van der Waals surface area contributed by atoms with E-state index in [0.717, 1.165) is 18.7 Å². The van der Waals surface area contributed by atoms with Crippen molar-refractivity contribution in [2.75, 3.05) is 46.4 Å². The Labute approximate surface area is 185 Å². The maximum absolute atomic E-state index is 12.8. The molecular formula is C22H26N6O4. The second-order valence-electron chi connectivity index (χ2n) is 7.56. The van der Waals surface area contributed by atoms with Gasteiger partial charge in [-0.2, -0.15) is 0 Å². The Kier molecular flexibility index (Phi) is 6.50. The summed E-state index contributed by atoms with van der Waals surface area (Å²) < 4.78 is 12.1. The molecule has 2 aromatic heterocycles. The number of nitrogens with one attached hydrogen (secondary N) is 1. The van der Waals surface area contributed by atoms with Crippen LogP contribution in [0.25, 0.3) is 11.3 Å². The zero-order valence-electron chi connectivity index (χ0n) is 18.2. The zero-order chi connectivity index (χ0) is 22.5. The number of nitrogens with zero attached hydrogens (tertiary/aromatic N) is 5. The first kappa shape index (κ1) is 21.6. The maximum atomic E-state index is 12.8. The number of benzene rings is 1. The lowest BCUT2D eigenvalue weighted by Crippen LogP contribution is -2.50. The van der Waals surface area contributed by atoms with E-state index in [1.54, 1.807) is 28.9 Å². The van der Waals surface area contributed by atoms with Gasteiger partial charge in [-0.3, -0.25) is 19.2 Å². The van der Waals surface area contributed by atoms with Crippen molar-refractivity contribution in [3.63, 3.8) is 0 Å². The third-order valence-electron chi connectivity index (χ3n) is 5.39. The SMILES string of the molecule is COc1nn(C)cc1C(=O)N1CCN(CCNC(=O)c2cc(-c3ccccc3)on2)CC1. The van der Waals surface area contributed by atoms with Gasteiger partial charge in [0.25, 0.3) is 11.8 Å². The third kappa shape index (κ3) is 4.80. The fourth-order valence-electron chi connectivity index (χ4n) is 3.65. The first-order chi connectivity index (χ1) is 15.5. The van der Waals surface area contributed by atoms with Crippen LogP contribution in [0.2, 0.25) is 0 Å². The maximum Gasteiger partial charge on any atom is 0.273 e. The monoisotopic (exact) mass is 438 g/mol. The van der Waals surface area contributed by atoms with Crippen LogP contribution in [0, 0.1) is 0 Å². The lowest BCUT2D eigenvalue weighted by atomic mass is 10.1. The Morgan fingerprint density at radius 3 is 2.62 bits per heavy atom. The van der Waals surface area contributed by atoms with Gasteiger partial charge in [0.2, 0.25) is 5.88 Å². The summed E-state index contributed by atoms with van der Waals surface area (Å²) in [5, 5.41) is 10.9. The van der Waals surface area contributed by atoms with E-state index in [1.807, 2.05) is 30.3 Å². The molecular weight excluding hydrogens is 412 g/mol. The molecule has 1 aromatic carbocycles. The van der Waals surface area contributed by atoms with Crippen LogP contribution in [0.5, 0.6) is 5.88 Å². The number of aromatic nitrogens is 3. The summed E-state index contributed by atoms with van der Waals surface area (Å²) in [6.07, 6.45) is 1.68. The summed E-state index contributed by atoms with van der Waals surface area (Å²) in [4.78, 5) is 29.1. The van der Waals surface area contributed by atoms with Gasteiger partial charge in [0, 0.05) is 64.1 Å². The van der Waals surface area contributed by atoms with Crippen LogP contribution in [0.1, 0.15) is 20.8 Å². The van der Waals surface area contributed by atoms with Gasteiger partial charge in [-0.15, -0.1) is 5.10 Å². The topological polar surface area (TPSA) is 106 Å². The lowest BCUT2D eigenvalue weighted by molar-refractivity contribution is 0.0634. The van der Waals surface area contributed by atoms with Gasteiger partial charge in [0.15, 0.2) is 11.5 Å². The molecule has 3 heterocycles. The van der Waals surface area contributed by atoms with Crippen LogP contribution in [0.3, 0.4) is 0 Å². The summed E-state index contributed by atoms with van der Waals surface area (Å²) in [6, 6.07) is 11.2. The van der Waals surface area contributed by atoms with Gasteiger partial charge in [-0.25, -0.2) is 0 Å². The number of piperazine rings is 1. The van der Waals surface area contributed by atoms with Crippen LogP contribution in [-0.2, 0) is 7.05 Å². The van der Waals surface area contributed by atoms with E-state index in [2.05, 4.69) is 20.5 Å². The first-order valence-corrected chi connectivity index (χ1v) is 10.4. The summed E-state index contributed by atoms with van der Waals surface area (Å²) in [6.45, 7) is 3.84. The van der Waals surface area contributed by atoms with Gasteiger partial charge in [0.05, 0.1) is 7.11 Å². The molecule has 0 atom stereocenters. The van der Waals surface area contributed by atoms with Crippen LogP contribution in [0.15, 0.2) is 47.1 Å². The van der Waals surface area contributed by atoms with Crippen LogP contribution < -0.4 is 10.1 Å². The predicted molar refractivity (Wildman–Crippen MR) is 116 cm³/mol. The Hall–Kier alpha value is -3.66. The van der Waals surface area contributed by atoms with Gasteiger partial charge in [-0.1, -0.05) is 35.5 Å². The van der Waals surface area contributed by atoms with Crippen LogP contribution in [0.4, 0.5) is 0 Å². The van der Waals surface area contributed by atoms with Gasteiger partial charge in [0.1, 0.15) is 5.56 Å². The predicted octanol–water partition coefficient (Wildman–Crippen LogP) is 1.27. The molecule has 4 rings (SSSR count). The number of hydrogen-bond donors (Lipinski definition) is 1. The molecule has 1 fully saturated rings. The number of methoxy groups -OCH3 is 1. The fraction of sp³-hybridized carbons (Fsp3) is 0.364. The Balaban J connectivity index is 1.22. The molecule has 3 aromatic rings. The average molecular weight is 438 g/mol. The second-order valence-corrected chi connectivity index (χ2v) is 7.56. The number of carbonyl (C=O) groups is 2. The second kappa shape index (κ2) is 9.65. The molecule has 0 saturated carbocycles. The molecule has 0 unspecified atom stereocenters. The smallest absolute Gasteiger partial charge is 0.273 e. The number of hydrogen-bond acceptors (Lipinski definition) is 7. The van der Waals surface area contributed by atoms with E-state index in [0.29, 0.717) is 43.4 Å². The van der Waals surface area contributed by atoms with Gasteiger partial charge >= 0.3 is 0 Å². The highest BCUT2D eigenvalue weighted by Crippen LogP contribution is 2.20. The number of aryl methyl sites for hydroxylation is 1. The Morgan fingerprint density at radius 1 is 1.16 bits per heavy atom. The van der Waals surface area contributed by atoms with E-state index >= 15 is 0 Å². The molecule has 0 aliphatic carbocycles. The number of carbonyl (C=O) groups excluding carboxylic acids is 2. The largest absolute Gasteiger partial charge is 0.479 e. The van der Waals surface area contributed by atoms with Crippen molar-refractivity contribution < 1.29 is 18.8 Å². The van der Waals surface area contributed by atoms with Crippen molar-refractivity contribution in [2.45, 2.75) is 0 Å². The molecule has 168 valence electrons. The quantitative estimate of drug-likeness (QED) is 0.592. The zero-order valence-corrected chi connectivity index (χ0v) is 18.2. The molecule has 1 N–H and O–H groups in total. The molecule has 0 bridgehead atoms. The van der Waals surface area contributed by atoms with E-state index in [-0.39, 0.29) is 17.5 Å². The van der Waals surface area contributed by atoms with Crippen LogP contribution in [-0.4, -0.2) is 82.9 Å². The number of amides is 2. The number of ether oxygens (including phenoxy) is 1. The molecule has 0 radical (unpaired) electrons. The Bertz CT molecular complexity index is 1070. The van der Waals surface area contributed by atoms with E-state index in [1.165, 1.54) is 7.11 Å². The van der Waals surface area contributed by atoms with Gasteiger partial charge in [-0.05, 0) is 0 Å². The molecule has 1 aliphatic heterocycles. The molecule has 32 heavy (non-hydrogen) atoms. The van der Waals surface area contributed by atoms with Crippen molar-refractivity contribution in [1.82, 2.24) is 30.1 Å². The highest BCUT2D eigenvalue weighted by Gasteiger charge is 2.26. The van der Waals surface area contributed by atoms with Crippen molar-refractivity contribution in [3.8, 4) is 17.2 Å². The minimum absolute atomic E-state index is 0.0804. The third-order valence-corrected chi connectivity index (χ3v) is 5.39. The van der Waals surface area contributed by atoms with E-state index in [9.17, 15) is 9.59 Å². The fourth-order valence-corrected chi connectivity index (χ4v) is 3.65. The molecule has 1 aliphatic rings. The first-order valence-electron chi connectivity index (χ1n) is 10.4. The lowest BCUT2D eigenvalue weighted by Gasteiger charge is -2.34. The van der Waals surface area contributed by atoms with Crippen molar-refractivity contribution in [1.29, 1.82) is 0 Å². The summed E-state index contributed by atoms with van der Waals surface area (Å²) in [5.41, 5.74) is 1.60. The minimum Gasteiger partial charge on any atom is -0.479 e. The van der Waals surface area contributed by atoms with Crippen molar-refractivity contribution >= 4 is 11.8 Å². The number of rotatable bonds is 7. The highest BCUT2D eigenvalue weighted by molar-refractivity contribution is 5.96. The Morgan fingerprint density at radius 2 is 1.91 bits per heavy atom. The average Bonchev–Trinajstić information content (AvgIpc) is 3.46. The van der Waals surface area contributed by atoms with Crippen molar-refractivity contribution in [2.24, 2.45) is 7.05 Å². The molecule has 10 heteroatoms. The van der Waals surface area contributed by atoms with Crippen molar-refractivity contribution in [3.05, 3.63) is 53.9 Å². The summed E-state index contributed by atoms with van der Waals surface area (Å²) in [5.74, 6) is 0.546. The standard InChI is InChI=1S/C22H26N6O4/c1-26-15-17(21(24-26)31-2)22(30)28-12-10-27(11-13-28)9-8-23-20(29)18-14-19(32-25-18)16-6-4-3-5-7-16/h3-7,14-15H,8-13H2,1-2H3,(H,23,29). The van der Waals surface area contributed by atoms with Crippen LogP contribution >= 0.6 is 0 Å². The highest BCUT2D eigenvalue weighted by atomic mass is 16.5. The molecule has 0 spiro atoms. The molecule has 2 amide bonds. The van der Waals surface area contributed by atoms with E-state index < -0.39 is 0 Å². The summed E-state index contributed by atoms with van der Waals surface area (Å²) >= 11 is 0. The van der Waals surface area contributed by atoms with Gasteiger partial charge < -0.3 is 19.5 Å². The normalized spacial score (nSPS) is 14.4.